The van der Waals surface area contributed by atoms with E-state index >= 15 is 0 Å². The van der Waals surface area contributed by atoms with Gasteiger partial charge < -0.3 is 9.64 Å². The molecule has 1 amide bonds. The highest BCUT2D eigenvalue weighted by molar-refractivity contribution is 6.10. The van der Waals surface area contributed by atoms with Crippen molar-refractivity contribution >= 4 is 17.6 Å². The second-order valence-corrected chi connectivity index (χ2v) is 6.65. The summed E-state index contributed by atoms with van der Waals surface area (Å²) in [7, 11) is 0. The number of hydrogen-bond acceptors (Lipinski definition) is 3. The topological polar surface area (TPSA) is 46.6 Å². The first-order chi connectivity index (χ1) is 12.7. The van der Waals surface area contributed by atoms with Crippen LogP contribution in [-0.2, 0) is 11.3 Å². The molecular formula is C22H25NO3. The van der Waals surface area contributed by atoms with Crippen LogP contribution in [0.5, 0.6) is 0 Å². The van der Waals surface area contributed by atoms with Crippen LogP contribution in [0.2, 0.25) is 0 Å². The quantitative estimate of drug-likeness (QED) is 0.498. The maximum absolute atomic E-state index is 12.5. The van der Waals surface area contributed by atoms with Crippen molar-refractivity contribution in [3.8, 4) is 0 Å². The lowest BCUT2D eigenvalue weighted by Crippen LogP contribution is -2.23. The van der Waals surface area contributed by atoms with E-state index in [-0.39, 0.29) is 11.9 Å². The molecule has 2 aromatic carbocycles. The van der Waals surface area contributed by atoms with Crippen LogP contribution < -0.4 is 4.90 Å². The van der Waals surface area contributed by atoms with Crippen molar-refractivity contribution in [2.75, 3.05) is 11.5 Å². The van der Waals surface area contributed by atoms with E-state index in [2.05, 4.69) is 6.92 Å². The highest BCUT2D eigenvalue weighted by Crippen LogP contribution is 2.28. The smallest absolute Gasteiger partial charge is 0.338 e. The molecule has 0 aromatic heterocycles. The normalized spacial score (nSPS) is 13.0. The minimum atomic E-state index is -0.303. The Morgan fingerprint density at radius 2 is 1.73 bits per heavy atom. The lowest BCUT2D eigenvalue weighted by Gasteiger charge is -2.16. The molecule has 0 bridgehead atoms. The van der Waals surface area contributed by atoms with Gasteiger partial charge in [-0.15, -0.1) is 0 Å². The standard InChI is InChI=1S/C22H25NO3/c1-2-3-4-5-8-15-26-22(25)17-11-13-19(14-12-17)23-16-18-9-6-7-10-20(18)21(23)24/h6-7,9-14H,2-5,8,15-16H2,1H3. The monoisotopic (exact) mass is 351 g/mol. The van der Waals surface area contributed by atoms with Crippen molar-refractivity contribution in [1.82, 2.24) is 0 Å². The average Bonchev–Trinajstić information content (AvgIpc) is 3.01. The van der Waals surface area contributed by atoms with Crippen molar-refractivity contribution in [2.24, 2.45) is 0 Å². The molecule has 0 radical (unpaired) electrons. The van der Waals surface area contributed by atoms with Crippen LogP contribution in [0.1, 0.15) is 65.3 Å². The summed E-state index contributed by atoms with van der Waals surface area (Å²) in [5.74, 6) is -0.300. The minimum absolute atomic E-state index is 0.00278. The molecule has 0 N–H and O–H groups in total. The van der Waals surface area contributed by atoms with Crippen molar-refractivity contribution in [1.29, 1.82) is 0 Å². The summed E-state index contributed by atoms with van der Waals surface area (Å²) in [6, 6.07) is 14.7. The zero-order valence-corrected chi connectivity index (χ0v) is 15.2. The molecule has 0 saturated heterocycles. The molecule has 1 aliphatic rings. The molecule has 2 aromatic rings. The Hall–Kier alpha value is -2.62. The van der Waals surface area contributed by atoms with Crippen LogP contribution in [0, 0.1) is 0 Å². The lowest BCUT2D eigenvalue weighted by molar-refractivity contribution is 0.0497. The predicted molar refractivity (Wildman–Crippen MR) is 102 cm³/mol. The summed E-state index contributed by atoms with van der Waals surface area (Å²) < 4.78 is 5.33. The molecular weight excluding hydrogens is 326 g/mol. The zero-order chi connectivity index (χ0) is 18.4. The minimum Gasteiger partial charge on any atom is -0.462 e. The van der Waals surface area contributed by atoms with E-state index in [1.807, 2.05) is 36.4 Å². The number of nitrogens with zero attached hydrogens (tertiary/aromatic N) is 1. The number of benzene rings is 2. The largest absolute Gasteiger partial charge is 0.462 e. The fourth-order valence-electron chi connectivity index (χ4n) is 3.19. The van der Waals surface area contributed by atoms with E-state index in [1.165, 1.54) is 19.3 Å². The molecule has 1 aliphatic heterocycles. The van der Waals surface area contributed by atoms with Crippen LogP contribution in [-0.4, -0.2) is 18.5 Å². The third-order valence-corrected chi connectivity index (χ3v) is 4.72. The number of esters is 1. The Kier molecular flexibility index (Phi) is 6.05. The maximum atomic E-state index is 12.5. The second-order valence-electron chi connectivity index (χ2n) is 6.65. The molecule has 4 nitrogen and oxygen atoms in total. The predicted octanol–water partition coefficient (Wildman–Crippen LogP) is 4.97. The zero-order valence-electron chi connectivity index (χ0n) is 15.2. The number of unbranched alkanes of at least 4 members (excludes halogenated alkanes) is 4. The molecule has 0 spiro atoms. The van der Waals surface area contributed by atoms with Gasteiger partial charge in [-0.25, -0.2) is 4.79 Å². The van der Waals surface area contributed by atoms with E-state index in [4.69, 9.17) is 4.74 Å². The van der Waals surface area contributed by atoms with Crippen molar-refractivity contribution < 1.29 is 14.3 Å². The third-order valence-electron chi connectivity index (χ3n) is 4.72. The van der Waals surface area contributed by atoms with E-state index in [0.717, 1.165) is 29.7 Å². The van der Waals surface area contributed by atoms with Crippen molar-refractivity contribution in [3.63, 3.8) is 0 Å². The molecule has 0 saturated carbocycles. The van der Waals surface area contributed by atoms with Gasteiger partial charge in [-0.05, 0) is 42.3 Å². The van der Waals surface area contributed by atoms with E-state index in [0.29, 0.717) is 18.7 Å². The number of anilines is 1. The summed E-state index contributed by atoms with van der Waals surface area (Å²) >= 11 is 0. The Morgan fingerprint density at radius 1 is 1.00 bits per heavy atom. The summed E-state index contributed by atoms with van der Waals surface area (Å²) in [6.07, 6.45) is 5.63. The van der Waals surface area contributed by atoms with Gasteiger partial charge in [0, 0.05) is 11.3 Å². The Labute approximate surface area is 154 Å². The van der Waals surface area contributed by atoms with Gasteiger partial charge >= 0.3 is 5.97 Å². The van der Waals surface area contributed by atoms with Crippen LogP contribution in [0.4, 0.5) is 5.69 Å². The van der Waals surface area contributed by atoms with Crippen molar-refractivity contribution in [3.05, 3.63) is 65.2 Å². The first-order valence-electron chi connectivity index (χ1n) is 9.37. The number of rotatable bonds is 8. The average molecular weight is 351 g/mol. The van der Waals surface area contributed by atoms with Gasteiger partial charge in [0.15, 0.2) is 0 Å². The van der Waals surface area contributed by atoms with Gasteiger partial charge in [0.25, 0.3) is 5.91 Å². The molecule has 4 heteroatoms. The van der Waals surface area contributed by atoms with E-state index in [1.54, 1.807) is 17.0 Å². The molecule has 3 rings (SSSR count). The van der Waals surface area contributed by atoms with Gasteiger partial charge in [0.1, 0.15) is 0 Å². The highest BCUT2D eigenvalue weighted by atomic mass is 16.5. The fourth-order valence-corrected chi connectivity index (χ4v) is 3.19. The van der Waals surface area contributed by atoms with Gasteiger partial charge in [-0.1, -0.05) is 50.8 Å². The number of carbonyl (C=O) groups excluding carboxylic acids is 2. The van der Waals surface area contributed by atoms with Gasteiger partial charge in [0.2, 0.25) is 0 Å². The summed E-state index contributed by atoms with van der Waals surface area (Å²) in [5.41, 5.74) is 3.09. The SMILES string of the molecule is CCCCCCCOC(=O)c1ccc(N2Cc3ccccc3C2=O)cc1. The Balaban J connectivity index is 1.54. The molecule has 136 valence electrons. The van der Waals surface area contributed by atoms with Crippen LogP contribution in [0.25, 0.3) is 0 Å². The first-order valence-corrected chi connectivity index (χ1v) is 9.37. The number of ether oxygens (including phenoxy) is 1. The molecule has 1 heterocycles. The van der Waals surface area contributed by atoms with Gasteiger partial charge in [-0.3, -0.25) is 4.79 Å². The van der Waals surface area contributed by atoms with Gasteiger partial charge in [0.05, 0.1) is 18.7 Å². The molecule has 26 heavy (non-hydrogen) atoms. The van der Waals surface area contributed by atoms with Crippen LogP contribution in [0.3, 0.4) is 0 Å². The Bertz CT molecular complexity index is 767. The lowest BCUT2D eigenvalue weighted by atomic mass is 10.1. The Morgan fingerprint density at radius 3 is 2.46 bits per heavy atom. The third kappa shape index (κ3) is 4.13. The molecule has 0 unspecified atom stereocenters. The molecule has 0 aliphatic carbocycles. The summed E-state index contributed by atoms with van der Waals surface area (Å²) in [4.78, 5) is 26.3. The maximum Gasteiger partial charge on any atom is 0.338 e. The van der Waals surface area contributed by atoms with Crippen molar-refractivity contribution in [2.45, 2.75) is 45.6 Å². The fraction of sp³-hybridized carbons (Fsp3) is 0.364. The van der Waals surface area contributed by atoms with Crippen LogP contribution in [0.15, 0.2) is 48.5 Å². The summed E-state index contributed by atoms with van der Waals surface area (Å²) in [6.45, 7) is 3.21. The second kappa shape index (κ2) is 8.65. The molecule has 0 fully saturated rings. The number of amides is 1. The number of fused-ring (bicyclic) bond motifs is 1. The van der Waals surface area contributed by atoms with Crippen LogP contribution >= 0.6 is 0 Å². The molecule has 0 atom stereocenters. The van der Waals surface area contributed by atoms with Gasteiger partial charge in [-0.2, -0.15) is 0 Å². The summed E-state index contributed by atoms with van der Waals surface area (Å²) in [5, 5.41) is 0. The number of carbonyl (C=O) groups is 2. The first kappa shape index (κ1) is 18.2. The van der Waals surface area contributed by atoms with E-state index < -0.39 is 0 Å². The number of hydrogen-bond donors (Lipinski definition) is 0. The van der Waals surface area contributed by atoms with E-state index in [9.17, 15) is 9.59 Å². The highest BCUT2D eigenvalue weighted by Gasteiger charge is 2.27.